The predicted octanol–water partition coefficient (Wildman–Crippen LogP) is 1.79. The van der Waals surface area contributed by atoms with Gasteiger partial charge in [-0.1, -0.05) is 19.8 Å². The maximum atomic E-state index is 12.2. The summed E-state index contributed by atoms with van der Waals surface area (Å²) < 4.78 is 6.14. The summed E-state index contributed by atoms with van der Waals surface area (Å²) in [4.78, 5) is 14.2. The van der Waals surface area contributed by atoms with E-state index in [1.165, 1.54) is 25.7 Å². The number of ether oxygens (including phenoxy) is 1. The predicted molar refractivity (Wildman–Crippen MR) is 76.0 cm³/mol. The lowest BCUT2D eigenvalue weighted by Crippen LogP contribution is -2.45. The van der Waals surface area contributed by atoms with E-state index in [4.69, 9.17) is 4.74 Å². The van der Waals surface area contributed by atoms with Gasteiger partial charge < -0.3 is 15.0 Å². The largest absolute Gasteiger partial charge is 0.375 e. The van der Waals surface area contributed by atoms with Crippen LogP contribution < -0.4 is 5.32 Å². The highest BCUT2D eigenvalue weighted by Crippen LogP contribution is 2.25. The Hall–Kier alpha value is -0.610. The Morgan fingerprint density at radius 3 is 2.37 bits per heavy atom. The summed E-state index contributed by atoms with van der Waals surface area (Å²) in [5.74, 6) is 0.367. The highest BCUT2D eigenvalue weighted by atomic mass is 16.5. The SMILES string of the molecule is CNCC(C)C(=O)N1CCC(OC2CCCC2)CC1. The summed E-state index contributed by atoms with van der Waals surface area (Å²) >= 11 is 0. The third kappa shape index (κ3) is 4.18. The number of piperidine rings is 1. The molecule has 1 atom stereocenters. The quantitative estimate of drug-likeness (QED) is 0.826. The van der Waals surface area contributed by atoms with E-state index in [0.717, 1.165) is 32.5 Å². The molecule has 1 amide bonds. The Bertz CT molecular complexity index is 282. The van der Waals surface area contributed by atoms with Gasteiger partial charge in [0.25, 0.3) is 0 Å². The highest BCUT2D eigenvalue weighted by molar-refractivity contribution is 5.78. The third-order valence-corrected chi connectivity index (χ3v) is 4.37. The smallest absolute Gasteiger partial charge is 0.226 e. The molecule has 4 heteroatoms. The molecule has 2 rings (SSSR count). The monoisotopic (exact) mass is 268 g/mol. The zero-order valence-electron chi connectivity index (χ0n) is 12.4. The number of nitrogens with zero attached hydrogens (tertiary/aromatic N) is 1. The minimum Gasteiger partial charge on any atom is -0.375 e. The standard InChI is InChI=1S/C15H28N2O2/c1-12(11-16-2)15(18)17-9-7-14(8-10-17)19-13-5-3-4-6-13/h12-14,16H,3-11H2,1-2H3. The van der Waals surface area contributed by atoms with Gasteiger partial charge >= 0.3 is 0 Å². The first kappa shape index (κ1) is 14.8. The van der Waals surface area contributed by atoms with E-state index >= 15 is 0 Å². The summed E-state index contributed by atoms with van der Waals surface area (Å²) in [6.07, 6.45) is 8.01. The van der Waals surface area contributed by atoms with Crippen molar-refractivity contribution in [2.75, 3.05) is 26.7 Å². The first-order valence-electron chi connectivity index (χ1n) is 7.79. The van der Waals surface area contributed by atoms with Gasteiger partial charge in [0.05, 0.1) is 12.2 Å². The maximum absolute atomic E-state index is 12.2. The van der Waals surface area contributed by atoms with E-state index in [1.54, 1.807) is 0 Å². The number of hydrogen-bond acceptors (Lipinski definition) is 3. The Labute approximate surface area is 116 Å². The summed E-state index contributed by atoms with van der Waals surface area (Å²) in [6.45, 7) is 4.49. The average Bonchev–Trinajstić information content (AvgIpc) is 2.92. The van der Waals surface area contributed by atoms with Crippen LogP contribution in [0.25, 0.3) is 0 Å². The maximum Gasteiger partial charge on any atom is 0.226 e. The number of carbonyl (C=O) groups excluding carboxylic acids is 1. The van der Waals surface area contributed by atoms with Crippen LogP contribution in [0.5, 0.6) is 0 Å². The van der Waals surface area contributed by atoms with Gasteiger partial charge in [0.15, 0.2) is 0 Å². The molecule has 2 aliphatic rings. The molecule has 0 aromatic carbocycles. The van der Waals surface area contributed by atoms with E-state index in [0.29, 0.717) is 12.2 Å². The highest BCUT2D eigenvalue weighted by Gasteiger charge is 2.28. The van der Waals surface area contributed by atoms with Gasteiger partial charge in [-0.3, -0.25) is 4.79 Å². The molecule has 4 nitrogen and oxygen atoms in total. The van der Waals surface area contributed by atoms with Crippen molar-refractivity contribution in [2.45, 2.75) is 57.7 Å². The molecule has 1 saturated heterocycles. The van der Waals surface area contributed by atoms with Crippen LogP contribution in [0.3, 0.4) is 0 Å². The van der Waals surface area contributed by atoms with Crippen LogP contribution in [0, 0.1) is 5.92 Å². The van der Waals surface area contributed by atoms with Gasteiger partial charge in [-0.05, 0) is 32.7 Å². The summed E-state index contributed by atoms with van der Waals surface area (Å²) in [5, 5.41) is 3.07. The van der Waals surface area contributed by atoms with Crippen molar-refractivity contribution in [1.29, 1.82) is 0 Å². The van der Waals surface area contributed by atoms with Crippen molar-refractivity contribution < 1.29 is 9.53 Å². The van der Waals surface area contributed by atoms with Crippen LogP contribution in [0.1, 0.15) is 45.4 Å². The molecule has 0 aromatic rings. The molecule has 1 saturated carbocycles. The zero-order chi connectivity index (χ0) is 13.7. The third-order valence-electron chi connectivity index (χ3n) is 4.37. The molecule has 1 aliphatic carbocycles. The Morgan fingerprint density at radius 1 is 1.21 bits per heavy atom. The molecule has 19 heavy (non-hydrogen) atoms. The molecule has 1 N–H and O–H groups in total. The van der Waals surface area contributed by atoms with Crippen LogP contribution in [-0.2, 0) is 9.53 Å². The second-order valence-corrected chi connectivity index (χ2v) is 6.03. The fourth-order valence-electron chi connectivity index (χ4n) is 3.21. The minimum absolute atomic E-state index is 0.0808. The van der Waals surface area contributed by atoms with E-state index in [1.807, 2.05) is 18.9 Å². The van der Waals surface area contributed by atoms with E-state index in [9.17, 15) is 4.79 Å². The molecule has 1 heterocycles. The van der Waals surface area contributed by atoms with Crippen LogP contribution in [-0.4, -0.2) is 49.7 Å². The number of carbonyl (C=O) groups is 1. The summed E-state index contributed by atoms with van der Waals surface area (Å²) in [7, 11) is 1.89. The van der Waals surface area contributed by atoms with E-state index in [2.05, 4.69) is 5.32 Å². The number of likely N-dealkylation sites (tertiary alicyclic amines) is 1. The van der Waals surface area contributed by atoms with Crippen molar-refractivity contribution in [3.05, 3.63) is 0 Å². The fraction of sp³-hybridized carbons (Fsp3) is 0.933. The molecule has 2 fully saturated rings. The van der Waals surface area contributed by atoms with Gasteiger partial charge in [-0.15, -0.1) is 0 Å². The van der Waals surface area contributed by atoms with Gasteiger partial charge in [0.1, 0.15) is 0 Å². The molecule has 1 unspecified atom stereocenters. The minimum atomic E-state index is 0.0808. The number of rotatable bonds is 5. The van der Waals surface area contributed by atoms with Crippen LogP contribution >= 0.6 is 0 Å². The second kappa shape index (κ2) is 7.25. The Morgan fingerprint density at radius 2 is 1.79 bits per heavy atom. The molecule has 1 aliphatic heterocycles. The van der Waals surface area contributed by atoms with Gasteiger partial charge in [0, 0.05) is 25.6 Å². The normalized spacial score (nSPS) is 23.8. The topological polar surface area (TPSA) is 41.6 Å². The first-order valence-corrected chi connectivity index (χ1v) is 7.79. The van der Waals surface area contributed by atoms with Gasteiger partial charge in [-0.2, -0.15) is 0 Å². The molecule has 0 bridgehead atoms. The van der Waals surface area contributed by atoms with Crippen molar-refractivity contribution in [2.24, 2.45) is 5.92 Å². The molecule has 0 radical (unpaired) electrons. The van der Waals surface area contributed by atoms with Gasteiger partial charge in [-0.25, -0.2) is 0 Å². The molecule has 110 valence electrons. The van der Waals surface area contributed by atoms with Gasteiger partial charge in [0.2, 0.25) is 5.91 Å². The van der Waals surface area contributed by atoms with Crippen LogP contribution in [0.15, 0.2) is 0 Å². The Kier molecular flexibility index (Phi) is 5.64. The van der Waals surface area contributed by atoms with E-state index < -0.39 is 0 Å². The number of amides is 1. The van der Waals surface area contributed by atoms with E-state index in [-0.39, 0.29) is 11.8 Å². The second-order valence-electron chi connectivity index (χ2n) is 6.03. The average molecular weight is 268 g/mol. The Balaban J connectivity index is 1.70. The molecule has 0 aromatic heterocycles. The lowest BCUT2D eigenvalue weighted by atomic mass is 10.0. The fourth-order valence-corrected chi connectivity index (χ4v) is 3.21. The summed E-state index contributed by atoms with van der Waals surface area (Å²) in [6, 6.07) is 0. The lowest BCUT2D eigenvalue weighted by molar-refractivity contribution is -0.138. The van der Waals surface area contributed by atoms with Crippen molar-refractivity contribution in [3.8, 4) is 0 Å². The van der Waals surface area contributed by atoms with Crippen molar-refractivity contribution in [1.82, 2.24) is 10.2 Å². The van der Waals surface area contributed by atoms with Crippen molar-refractivity contribution in [3.63, 3.8) is 0 Å². The van der Waals surface area contributed by atoms with Crippen LogP contribution in [0.2, 0.25) is 0 Å². The molecule has 0 spiro atoms. The van der Waals surface area contributed by atoms with Crippen LogP contribution in [0.4, 0.5) is 0 Å². The molecular formula is C15H28N2O2. The number of hydrogen-bond donors (Lipinski definition) is 1. The molecular weight excluding hydrogens is 240 g/mol. The van der Waals surface area contributed by atoms with Crippen molar-refractivity contribution >= 4 is 5.91 Å². The zero-order valence-corrected chi connectivity index (χ0v) is 12.4. The number of nitrogens with one attached hydrogen (secondary N) is 1. The first-order chi connectivity index (χ1) is 9.20. The summed E-state index contributed by atoms with van der Waals surface area (Å²) in [5.41, 5.74) is 0. The lowest BCUT2D eigenvalue weighted by Gasteiger charge is -2.34.